The van der Waals surface area contributed by atoms with Crippen LogP contribution in [-0.2, 0) is 47.5 Å². The van der Waals surface area contributed by atoms with Crippen molar-refractivity contribution in [2.75, 3.05) is 112 Å². The van der Waals surface area contributed by atoms with Crippen LogP contribution >= 0.6 is 0 Å². The van der Waals surface area contributed by atoms with E-state index in [0.29, 0.717) is 106 Å². The predicted octanol–water partition coefficient (Wildman–Crippen LogP) is -0.516. The Balaban J connectivity index is 3.00. The Labute approximate surface area is 184 Å². The van der Waals surface area contributed by atoms with Crippen LogP contribution in [0.15, 0.2) is 0 Å². The molecule has 0 radical (unpaired) electrons. The van der Waals surface area contributed by atoms with Crippen LogP contribution in [0.3, 0.4) is 0 Å². The lowest BCUT2D eigenvalue weighted by Crippen LogP contribution is -2.15. The summed E-state index contributed by atoms with van der Waals surface area (Å²) in [5, 5.41) is 8.44. The second-order valence-corrected chi connectivity index (χ2v) is 5.91. The normalized spacial score (nSPS) is 11.3. The lowest BCUT2D eigenvalue weighted by Gasteiger charge is -2.08. The molecule has 0 fully saturated rings. The standard InChI is InChI=1S/C19H39NO11/c20-31-18-17-30-16-15-29-14-13-28-12-11-27-10-9-26-8-7-25-6-5-24-4-3-23-2-1-19(21)22/h1-18,20H2,(H,21,22). The number of ether oxygens (including phenoxy) is 8. The molecule has 0 aliphatic carbocycles. The van der Waals surface area contributed by atoms with Crippen molar-refractivity contribution in [3.63, 3.8) is 0 Å². The number of carboxylic acid groups (broad SMARTS) is 1. The van der Waals surface area contributed by atoms with Crippen LogP contribution in [0.25, 0.3) is 0 Å². The molecule has 0 bridgehead atoms. The zero-order chi connectivity index (χ0) is 22.7. The summed E-state index contributed by atoms with van der Waals surface area (Å²) >= 11 is 0. The van der Waals surface area contributed by atoms with Crippen molar-refractivity contribution in [1.82, 2.24) is 0 Å². The molecule has 0 amide bonds. The van der Waals surface area contributed by atoms with Gasteiger partial charge in [0, 0.05) is 0 Å². The maximum absolute atomic E-state index is 10.3. The van der Waals surface area contributed by atoms with Gasteiger partial charge in [-0.3, -0.25) is 4.79 Å². The van der Waals surface area contributed by atoms with Gasteiger partial charge < -0.3 is 47.8 Å². The van der Waals surface area contributed by atoms with E-state index in [2.05, 4.69) is 4.84 Å². The minimum Gasteiger partial charge on any atom is -0.481 e. The molecular formula is C19H39NO11. The van der Waals surface area contributed by atoms with Gasteiger partial charge in [-0.15, -0.1) is 0 Å². The van der Waals surface area contributed by atoms with Crippen molar-refractivity contribution in [1.29, 1.82) is 0 Å². The Morgan fingerprint density at radius 3 is 0.903 bits per heavy atom. The van der Waals surface area contributed by atoms with Crippen LogP contribution in [0.4, 0.5) is 0 Å². The molecule has 0 aromatic carbocycles. The first-order valence-electron chi connectivity index (χ1n) is 10.4. The SMILES string of the molecule is NOCCOCCOCCOCCOCCOCCOCCOCCOCCC(=O)O. The predicted molar refractivity (Wildman–Crippen MR) is 109 cm³/mol. The van der Waals surface area contributed by atoms with E-state index in [9.17, 15) is 4.79 Å². The Kier molecular flexibility index (Phi) is 26.3. The first kappa shape index (κ1) is 30.1. The van der Waals surface area contributed by atoms with Crippen LogP contribution in [-0.4, -0.2) is 123 Å². The van der Waals surface area contributed by atoms with Gasteiger partial charge in [-0.2, -0.15) is 0 Å². The highest BCUT2D eigenvalue weighted by Gasteiger charge is 1.97. The van der Waals surface area contributed by atoms with Crippen molar-refractivity contribution >= 4 is 5.97 Å². The molecule has 3 N–H and O–H groups in total. The van der Waals surface area contributed by atoms with Gasteiger partial charge in [-0.1, -0.05) is 0 Å². The van der Waals surface area contributed by atoms with Crippen LogP contribution in [0.5, 0.6) is 0 Å². The minimum atomic E-state index is -0.872. The molecule has 0 saturated heterocycles. The highest BCUT2D eigenvalue weighted by Crippen LogP contribution is 1.86. The van der Waals surface area contributed by atoms with Gasteiger partial charge >= 0.3 is 5.97 Å². The molecule has 186 valence electrons. The molecule has 12 nitrogen and oxygen atoms in total. The quantitative estimate of drug-likeness (QED) is 0.121. The van der Waals surface area contributed by atoms with Gasteiger partial charge in [0.2, 0.25) is 0 Å². The molecule has 0 atom stereocenters. The van der Waals surface area contributed by atoms with E-state index in [1.807, 2.05) is 0 Å². The largest absolute Gasteiger partial charge is 0.481 e. The monoisotopic (exact) mass is 457 g/mol. The smallest absolute Gasteiger partial charge is 0.305 e. The zero-order valence-corrected chi connectivity index (χ0v) is 18.3. The first-order valence-corrected chi connectivity index (χ1v) is 10.4. The first-order chi connectivity index (χ1) is 15.3. The fraction of sp³-hybridized carbons (Fsp3) is 0.947. The minimum absolute atomic E-state index is 0.00186. The van der Waals surface area contributed by atoms with E-state index in [-0.39, 0.29) is 13.0 Å². The number of hydrogen-bond acceptors (Lipinski definition) is 11. The van der Waals surface area contributed by atoms with Crippen molar-refractivity contribution in [3.8, 4) is 0 Å². The summed E-state index contributed by atoms with van der Waals surface area (Å²) in [4.78, 5) is 14.6. The lowest BCUT2D eigenvalue weighted by molar-refractivity contribution is -0.138. The second-order valence-electron chi connectivity index (χ2n) is 5.91. The number of rotatable bonds is 27. The second kappa shape index (κ2) is 27.1. The number of carboxylic acids is 1. The average molecular weight is 458 g/mol. The molecule has 31 heavy (non-hydrogen) atoms. The Bertz CT molecular complexity index is 364. The summed E-state index contributed by atoms with van der Waals surface area (Å²) in [5.41, 5.74) is 0. The van der Waals surface area contributed by atoms with Crippen LogP contribution in [0, 0.1) is 0 Å². The van der Waals surface area contributed by atoms with Gasteiger partial charge in [-0.05, 0) is 0 Å². The lowest BCUT2D eigenvalue weighted by atomic mass is 10.5. The van der Waals surface area contributed by atoms with Gasteiger partial charge in [0.05, 0.1) is 119 Å². The number of carbonyl (C=O) groups is 1. The number of hydrogen-bond donors (Lipinski definition) is 2. The Hall–Kier alpha value is -0.930. The number of aliphatic carboxylic acids is 1. The summed E-state index contributed by atoms with van der Waals surface area (Å²) in [6.45, 7) is 7.68. The van der Waals surface area contributed by atoms with E-state index in [1.165, 1.54) is 0 Å². The van der Waals surface area contributed by atoms with Crippen molar-refractivity contribution in [3.05, 3.63) is 0 Å². The van der Waals surface area contributed by atoms with E-state index < -0.39 is 5.97 Å². The number of nitrogens with two attached hydrogens (primary N) is 1. The van der Waals surface area contributed by atoms with Gasteiger partial charge in [0.15, 0.2) is 0 Å². The highest BCUT2D eigenvalue weighted by molar-refractivity contribution is 5.66. The van der Waals surface area contributed by atoms with E-state index in [0.717, 1.165) is 0 Å². The Morgan fingerprint density at radius 2 is 0.677 bits per heavy atom. The van der Waals surface area contributed by atoms with Crippen LogP contribution < -0.4 is 5.90 Å². The molecule has 0 aromatic rings. The van der Waals surface area contributed by atoms with Crippen LogP contribution in [0.1, 0.15) is 6.42 Å². The molecule has 0 aliphatic rings. The topological polar surface area (TPSA) is 146 Å². The fourth-order valence-electron chi connectivity index (χ4n) is 1.91. The summed E-state index contributed by atoms with van der Waals surface area (Å²) in [7, 11) is 0. The Morgan fingerprint density at radius 1 is 0.452 bits per heavy atom. The molecule has 0 rings (SSSR count). The average Bonchev–Trinajstić information content (AvgIpc) is 2.76. The van der Waals surface area contributed by atoms with Gasteiger partial charge in [-0.25, -0.2) is 5.90 Å². The molecule has 12 heteroatoms. The summed E-state index contributed by atoms with van der Waals surface area (Å²) < 4.78 is 42.4. The van der Waals surface area contributed by atoms with Crippen molar-refractivity contribution < 1.29 is 52.6 Å². The molecule has 0 heterocycles. The van der Waals surface area contributed by atoms with Crippen molar-refractivity contribution in [2.45, 2.75) is 6.42 Å². The summed E-state index contributed by atoms with van der Waals surface area (Å²) in [6, 6.07) is 0. The van der Waals surface area contributed by atoms with E-state index in [4.69, 9.17) is 48.9 Å². The molecule has 0 aromatic heterocycles. The fourth-order valence-corrected chi connectivity index (χ4v) is 1.91. The maximum Gasteiger partial charge on any atom is 0.305 e. The zero-order valence-electron chi connectivity index (χ0n) is 18.3. The third-order valence-electron chi connectivity index (χ3n) is 3.41. The molecule has 0 saturated carbocycles. The van der Waals surface area contributed by atoms with Crippen molar-refractivity contribution in [2.24, 2.45) is 5.90 Å². The third-order valence-corrected chi connectivity index (χ3v) is 3.41. The molecule has 0 unspecified atom stereocenters. The van der Waals surface area contributed by atoms with Gasteiger partial charge in [0.1, 0.15) is 0 Å². The van der Waals surface area contributed by atoms with Gasteiger partial charge in [0.25, 0.3) is 0 Å². The summed E-state index contributed by atoms with van der Waals surface area (Å²) in [5.74, 6) is 3.99. The van der Waals surface area contributed by atoms with E-state index >= 15 is 0 Å². The third kappa shape index (κ3) is 29.1. The summed E-state index contributed by atoms with van der Waals surface area (Å²) in [6.07, 6.45) is 0.00186. The van der Waals surface area contributed by atoms with E-state index in [1.54, 1.807) is 0 Å². The highest BCUT2D eigenvalue weighted by atomic mass is 16.6. The molecule has 0 spiro atoms. The molecule has 0 aliphatic heterocycles. The molecular weight excluding hydrogens is 418 g/mol. The van der Waals surface area contributed by atoms with Crippen LogP contribution in [0.2, 0.25) is 0 Å². The maximum atomic E-state index is 10.3.